The van der Waals surface area contributed by atoms with Crippen LogP contribution in [-0.4, -0.2) is 5.91 Å². The minimum absolute atomic E-state index is 0.184. The van der Waals surface area contributed by atoms with E-state index in [2.05, 4.69) is 5.32 Å². The molecular weight excluding hydrogens is 274 g/mol. The lowest BCUT2D eigenvalue weighted by atomic mass is 10.0. The van der Waals surface area contributed by atoms with Crippen molar-refractivity contribution in [1.29, 1.82) is 0 Å². The van der Waals surface area contributed by atoms with Gasteiger partial charge in [-0.1, -0.05) is 32.0 Å². The van der Waals surface area contributed by atoms with Gasteiger partial charge in [-0.05, 0) is 29.7 Å². The molecule has 3 nitrogen and oxygen atoms in total. The zero-order chi connectivity index (χ0) is 15.6. The number of amides is 1. The SMILES string of the molecule is CC(C)c1ccccc1NC(=O)c1cc(F)cc(N)c1F. The molecule has 0 bridgehead atoms. The van der Waals surface area contributed by atoms with Gasteiger partial charge in [0.2, 0.25) is 0 Å². The average molecular weight is 290 g/mol. The Kier molecular flexibility index (Phi) is 4.21. The minimum Gasteiger partial charge on any atom is -0.396 e. The van der Waals surface area contributed by atoms with Gasteiger partial charge in [0.1, 0.15) is 5.82 Å². The Morgan fingerprint density at radius 1 is 1.19 bits per heavy atom. The van der Waals surface area contributed by atoms with Gasteiger partial charge in [0.05, 0.1) is 11.3 Å². The van der Waals surface area contributed by atoms with E-state index in [1.165, 1.54) is 0 Å². The maximum Gasteiger partial charge on any atom is 0.258 e. The third-order valence-corrected chi connectivity index (χ3v) is 3.14. The van der Waals surface area contributed by atoms with E-state index in [1.807, 2.05) is 26.0 Å². The third-order valence-electron chi connectivity index (χ3n) is 3.14. The third kappa shape index (κ3) is 3.18. The van der Waals surface area contributed by atoms with Gasteiger partial charge in [-0.2, -0.15) is 0 Å². The van der Waals surface area contributed by atoms with Gasteiger partial charge < -0.3 is 11.1 Å². The number of hydrogen-bond donors (Lipinski definition) is 2. The maximum atomic E-state index is 13.8. The topological polar surface area (TPSA) is 55.1 Å². The van der Waals surface area contributed by atoms with Crippen molar-refractivity contribution in [3.05, 3.63) is 59.2 Å². The Morgan fingerprint density at radius 2 is 1.86 bits per heavy atom. The van der Waals surface area contributed by atoms with E-state index >= 15 is 0 Å². The molecular formula is C16H16F2N2O. The molecule has 2 rings (SSSR count). The van der Waals surface area contributed by atoms with Crippen LogP contribution in [0.25, 0.3) is 0 Å². The van der Waals surface area contributed by atoms with Crippen LogP contribution >= 0.6 is 0 Å². The first kappa shape index (κ1) is 15.0. The number of hydrogen-bond acceptors (Lipinski definition) is 2. The first-order valence-corrected chi connectivity index (χ1v) is 6.55. The Morgan fingerprint density at radius 3 is 2.52 bits per heavy atom. The zero-order valence-corrected chi connectivity index (χ0v) is 11.8. The molecule has 0 aliphatic rings. The monoisotopic (exact) mass is 290 g/mol. The number of carbonyl (C=O) groups excluding carboxylic acids is 1. The van der Waals surface area contributed by atoms with Gasteiger partial charge in [-0.3, -0.25) is 4.79 Å². The fourth-order valence-corrected chi connectivity index (χ4v) is 2.08. The van der Waals surface area contributed by atoms with Gasteiger partial charge in [-0.15, -0.1) is 0 Å². The summed E-state index contributed by atoms with van der Waals surface area (Å²) in [5.74, 6) is -2.22. The van der Waals surface area contributed by atoms with Crippen LogP contribution in [0.4, 0.5) is 20.2 Å². The lowest BCUT2D eigenvalue weighted by Gasteiger charge is -2.14. The molecule has 110 valence electrons. The summed E-state index contributed by atoms with van der Waals surface area (Å²) < 4.78 is 27.1. The number of nitrogens with two attached hydrogens (primary N) is 1. The van der Waals surface area contributed by atoms with Crippen molar-refractivity contribution in [3.8, 4) is 0 Å². The fraction of sp³-hybridized carbons (Fsp3) is 0.188. The van der Waals surface area contributed by atoms with Crippen molar-refractivity contribution in [2.75, 3.05) is 11.1 Å². The summed E-state index contributed by atoms with van der Waals surface area (Å²) in [6.07, 6.45) is 0. The summed E-state index contributed by atoms with van der Waals surface area (Å²) in [6, 6.07) is 8.88. The van der Waals surface area contributed by atoms with Gasteiger partial charge in [0.25, 0.3) is 5.91 Å². The van der Waals surface area contributed by atoms with Crippen molar-refractivity contribution in [2.24, 2.45) is 0 Å². The summed E-state index contributed by atoms with van der Waals surface area (Å²) in [5.41, 5.74) is 6.02. The van der Waals surface area contributed by atoms with Crippen LogP contribution in [0.3, 0.4) is 0 Å². The number of para-hydroxylation sites is 1. The highest BCUT2D eigenvalue weighted by Crippen LogP contribution is 2.25. The Hall–Kier alpha value is -2.43. The second kappa shape index (κ2) is 5.91. The van der Waals surface area contributed by atoms with Gasteiger partial charge in [-0.25, -0.2) is 8.78 Å². The zero-order valence-electron chi connectivity index (χ0n) is 11.8. The van der Waals surface area contributed by atoms with E-state index in [4.69, 9.17) is 5.73 Å². The Labute approximate surface area is 121 Å². The summed E-state index contributed by atoms with van der Waals surface area (Å²) in [4.78, 5) is 12.1. The van der Waals surface area contributed by atoms with E-state index in [0.29, 0.717) is 5.69 Å². The number of anilines is 2. The molecule has 0 aromatic heterocycles. The molecule has 21 heavy (non-hydrogen) atoms. The van der Waals surface area contributed by atoms with Gasteiger partial charge >= 0.3 is 0 Å². The highest BCUT2D eigenvalue weighted by Gasteiger charge is 2.17. The summed E-state index contributed by atoms with van der Waals surface area (Å²) in [6.45, 7) is 3.96. The van der Waals surface area contributed by atoms with Gasteiger partial charge in [0, 0.05) is 5.69 Å². The predicted octanol–water partition coefficient (Wildman–Crippen LogP) is 3.92. The molecule has 0 saturated carbocycles. The standard InChI is InChI=1S/C16H16F2N2O/c1-9(2)11-5-3-4-6-14(11)20-16(21)12-7-10(17)8-13(19)15(12)18/h3-9H,19H2,1-2H3,(H,20,21). The molecule has 0 saturated heterocycles. The lowest BCUT2D eigenvalue weighted by molar-refractivity contribution is 0.102. The average Bonchev–Trinajstić information content (AvgIpc) is 2.43. The molecule has 0 spiro atoms. The number of rotatable bonds is 3. The quantitative estimate of drug-likeness (QED) is 0.842. The van der Waals surface area contributed by atoms with Crippen LogP contribution in [0.1, 0.15) is 35.7 Å². The largest absolute Gasteiger partial charge is 0.396 e. The highest BCUT2D eigenvalue weighted by molar-refractivity contribution is 6.05. The van der Waals surface area contributed by atoms with Crippen molar-refractivity contribution in [1.82, 2.24) is 0 Å². The predicted molar refractivity (Wildman–Crippen MR) is 79.3 cm³/mol. The van der Waals surface area contributed by atoms with Crippen LogP contribution in [0.2, 0.25) is 0 Å². The molecule has 0 unspecified atom stereocenters. The molecule has 0 radical (unpaired) electrons. The molecule has 0 atom stereocenters. The van der Waals surface area contributed by atoms with Crippen LogP contribution in [0, 0.1) is 11.6 Å². The molecule has 2 aromatic rings. The maximum absolute atomic E-state index is 13.8. The van der Waals surface area contributed by atoms with Crippen LogP contribution in [-0.2, 0) is 0 Å². The van der Waals surface area contributed by atoms with Gasteiger partial charge in [0.15, 0.2) is 5.82 Å². The molecule has 3 N–H and O–H groups in total. The van der Waals surface area contributed by atoms with Crippen molar-refractivity contribution < 1.29 is 13.6 Å². The second-order valence-corrected chi connectivity index (χ2v) is 5.05. The summed E-state index contributed by atoms with van der Waals surface area (Å²) in [7, 11) is 0. The minimum atomic E-state index is -0.920. The Balaban J connectivity index is 2.35. The second-order valence-electron chi connectivity index (χ2n) is 5.05. The van der Waals surface area contributed by atoms with Crippen molar-refractivity contribution in [2.45, 2.75) is 19.8 Å². The molecule has 1 amide bonds. The molecule has 2 aromatic carbocycles. The van der Waals surface area contributed by atoms with E-state index in [9.17, 15) is 13.6 Å². The molecule has 0 fully saturated rings. The van der Waals surface area contributed by atoms with Crippen molar-refractivity contribution >= 4 is 17.3 Å². The Bertz CT molecular complexity index is 684. The van der Waals surface area contributed by atoms with E-state index in [-0.39, 0.29) is 5.92 Å². The smallest absolute Gasteiger partial charge is 0.258 e. The first-order chi connectivity index (χ1) is 9.90. The number of nitrogen functional groups attached to an aromatic ring is 1. The van der Waals surface area contributed by atoms with Crippen LogP contribution < -0.4 is 11.1 Å². The molecule has 0 aliphatic carbocycles. The summed E-state index contributed by atoms with van der Waals surface area (Å²) >= 11 is 0. The first-order valence-electron chi connectivity index (χ1n) is 6.55. The normalized spacial score (nSPS) is 10.7. The van der Waals surface area contributed by atoms with Crippen LogP contribution in [0.15, 0.2) is 36.4 Å². The number of halogens is 2. The molecule has 0 aliphatic heterocycles. The fourth-order valence-electron chi connectivity index (χ4n) is 2.08. The number of benzene rings is 2. The lowest BCUT2D eigenvalue weighted by Crippen LogP contribution is -2.16. The van der Waals surface area contributed by atoms with E-state index in [0.717, 1.165) is 17.7 Å². The van der Waals surface area contributed by atoms with E-state index in [1.54, 1.807) is 12.1 Å². The number of carbonyl (C=O) groups is 1. The molecule has 0 heterocycles. The highest BCUT2D eigenvalue weighted by atomic mass is 19.1. The molecule has 5 heteroatoms. The number of nitrogens with one attached hydrogen (secondary N) is 1. The van der Waals surface area contributed by atoms with Crippen molar-refractivity contribution in [3.63, 3.8) is 0 Å². The van der Waals surface area contributed by atoms with Crippen LogP contribution in [0.5, 0.6) is 0 Å². The summed E-state index contributed by atoms with van der Waals surface area (Å²) in [5, 5.41) is 2.60. The van der Waals surface area contributed by atoms with E-state index < -0.39 is 28.8 Å².